The number of furan rings is 1. The molecule has 0 saturated heterocycles. The van der Waals surface area contributed by atoms with Crippen LogP contribution in [0.25, 0.3) is 87.5 Å². The molecule has 2 heterocycles. The third-order valence-electron chi connectivity index (χ3n) is 12.3. The van der Waals surface area contributed by atoms with Gasteiger partial charge in [-0.05, 0) is 123 Å². The summed E-state index contributed by atoms with van der Waals surface area (Å²) in [6.07, 6.45) is 9.88. The molecule has 11 aromatic rings. The molecule has 1 unspecified atom stereocenters. The number of anilines is 3. The van der Waals surface area contributed by atoms with Crippen LogP contribution in [-0.4, -0.2) is 4.57 Å². The lowest BCUT2D eigenvalue weighted by Crippen LogP contribution is -2.09. The summed E-state index contributed by atoms with van der Waals surface area (Å²) >= 11 is 0. The van der Waals surface area contributed by atoms with E-state index >= 15 is 0 Å². The normalized spacial score (nSPS) is 13.7. The SMILES string of the molecule is C1=CCC(n2c3ccccc3c3cc(-c4ccc5c(c4)oc4ccc(N(c6ccc(-c7ccccc7)cc6)c6ccc7c(ccc8ccccc87)c6)cc45)ccc32)C=C1.CC. The maximum Gasteiger partial charge on any atom is 0.136 e. The largest absolute Gasteiger partial charge is 0.456 e. The molecule has 1 aliphatic rings. The summed E-state index contributed by atoms with van der Waals surface area (Å²) in [6, 6.07) is 68.7. The Balaban J connectivity index is 0.00000207. The van der Waals surface area contributed by atoms with Crippen LogP contribution in [0.1, 0.15) is 26.3 Å². The van der Waals surface area contributed by atoms with E-state index in [4.69, 9.17) is 4.42 Å². The molecule has 1 atom stereocenters. The van der Waals surface area contributed by atoms with Gasteiger partial charge in [0, 0.05) is 49.6 Å². The molecular weight excluding hydrogens is 741 g/mol. The number of allylic oxidation sites excluding steroid dienone is 4. The number of hydrogen-bond acceptors (Lipinski definition) is 2. The van der Waals surface area contributed by atoms with Crippen LogP contribution in [0, 0.1) is 0 Å². The zero-order chi connectivity index (χ0) is 40.9. The Bertz CT molecular complexity index is 3480. The Kier molecular flexibility index (Phi) is 9.08. The van der Waals surface area contributed by atoms with Gasteiger partial charge in [0.2, 0.25) is 0 Å². The second kappa shape index (κ2) is 15.2. The van der Waals surface area contributed by atoms with E-state index in [0.717, 1.165) is 51.0 Å². The van der Waals surface area contributed by atoms with E-state index < -0.39 is 0 Å². The molecule has 0 saturated carbocycles. The van der Waals surface area contributed by atoms with E-state index in [-0.39, 0.29) is 0 Å². The van der Waals surface area contributed by atoms with Gasteiger partial charge in [-0.2, -0.15) is 0 Å². The molecule has 0 N–H and O–H groups in total. The first kappa shape index (κ1) is 36.5. The van der Waals surface area contributed by atoms with Crippen LogP contribution in [0.2, 0.25) is 0 Å². The van der Waals surface area contributed by atoms with Crippen LogP contribution in [0.4, 0.5) is 17.1 Å². The van der Waals surface area contributed by atoms with Gasteiger partial charge >= 0.3 is 0 Å². The van der Waals surface area contributed by atoms with Crippen molar-refractivity contribution in [2.24, 2.45) is 0 Å². The highest BCUT2D eigenvalue weighted by molar-refractivity contribution is 6.12. The molecule has 0 fully saturated rings. The van der Waals surface area contributed by atoms with Crippen LogP contribution in [0.5, 0.6) is 0 Å². The zero-order valence-corrected chi connectivity index (χ0v) is 34.3. The van der Waals surface area contributed by atoms with Gasteiger partial charge in [0.05, 0.1) is 6.04 Å². The summed E-state index contributed by atoms with van der Waals surface area (Å²) in [6.45, 7) is 4.00. The Morgan fingerprint density at radius 1 is 0.426 bits per heavy atom. The molecule has 61 heavy (non-hydrogen) atoms. The maximum atomic E-state index is 6.63. The van der Waals surface area contributed by atoms with Crippen molar-refractivity contribution in [1.29, 1.82) is 0 Å². The van der Waals surface area contributed by atoms with Crippen molar-refractivity contribution in [2.75, 3.05) is 4.90 Å². The Labute approximate surface area is 355 Å². The number of rotatable bonds is 6. The molecule has 292 valence electrons. The second-order valence-electron chi connectivity index (χ2n) is 15.7. The molecule has 3 nitrogen and oxygen atoms in total. The Morgan fingerprint density at radius 3 is 1.92 bits per heavy atom. The predicted octanol–water partition coefficient (Wildman–Crippen LogP) is 16.9. The lowest BCUT2D eigenvalue weighted by atomic mass is 10.0. The number of para-hydroxylation sites is 1. The first-order valence-electron chi connectivity index (χ1n) is 21.4. The van der Waals surface area contributed by atoms with Crippen LogP contribution < -0.4 is 4.90 Å². The standard InChI is InChI=1S/C56H38N2O.C2H6/c1-3-11-37(12-4-1)38-21-25-44(26-22-38)57(45-27-30-48-42(33-45)20-19-39-13-7-8-16-47(39)48)46-28-32-55-52(36-46)50-29-23-41(35-56(50)59-55)40-24-31-54-51(34-40)49-17-9-10-18-53(49)58(54)43-14-5-2-6-15-43;1-2/h1-14,16-36,43H,15H2;1-2H3. The molecule has 12 rings (SSSR count). The minimum atomic E-state index is 0.302. The summed E-state index contributed by atoms with van der Waals surface area (Å²) in [4.78, 5) is 2.36. The molecule has 0 radical (unpaired) electrons. The molecule has 9 aromatic carbocycles. The quantitative estimate of drug-likeness (QED) is 0.157. The third kappa shape index (κ3) is 6.29. The summed E-state index contributed by atoms with van der Waals surface area (Å²) in [5.41, 5.74) is 12.3. The molecule has 0 spiro atoms. The van der Waals surface area contributed by atoms with Gasteiger partial charge in [-0.15, -0.1) is 0 Å². The third-order valence-corrected chi connectivity index (χ3v) is 12.3. The van der Waals surface area contributed by atoms with Gasteiger partial charge in [0.15, 0.2) is 0 Å². The van der Waals surface area contributed by atoms with Crippen molar-refractivity contribution >= 4 is 82.4 Å². The van der Waals surface area contributed by atoms with Crippen LogP contribution >= 0.6 is 0 Å². The van der Waals surface area contributed by atoms with Crippen molar-refractivity contribution < 1.29 is 4.42 Å². The number of aromatic nitrogens is 1. The predicted molar refractivity (Wildman–Crippen MR) is 261 cm³/mol. The number of nitrogens with zero attached hydrogens (tertiary/aromatic N) is 2. The van der Waals surface area contributed by atoms with E-state index in [1.165, 1.54) is 60.0 Å². The topological polar surface area (TPSA) is 21.3 Å². The van der Waals surface area contributed by atoms with Crippen molar-refractivity contribution in [3.63, 3.8) is 0 Å². The second-order valence-corrected chi connectivity index (χ2v) is 15.7. The molecule has 0 amide bonds. The van der Waals surface area contributed by atoms with Crippen molar-refractivity contribution in [2.45, 2.75) is 26.3 Å². The number of fused-ring (bicyclic) bond motifs is 9. The van der Waals surface area contributed by atoms with Crippen LogP contribution in [0.3, 0.4) is 0 Å². The van der Waals surface area contributed by atoms with E-state index in [0.29, 0.717) is 6.04 Å². The van der Waals surface area contributed by atoms with Crippen LogP contribution in [-0.2, 0) is 0 Å². The fraction of sp³-hybridized carbons (Fsp3) is 0.0690. The summed E-state index contributed by atoms with van der Waals surface area (Å²) in [5.74, 6) is 0. The average molecular weight is 785 g/mol. The fourth-order valence-electron chi connectivity index (χ4n) is 9.40. The average Bonchev–Trinajstić information content (AvgIpc) is 3.87. The molecule has 0 aliphatic heterocycles. The summed E-state index contributed by atoms with van der Waals surface area (Å²) < 4.78 is 9.12. The van der Waals surface area contributed by atoms with Crippen molar-refractivity contribution in [3.8, 4) is 22.3 Å². The molecule has 3 heteroatoms. The summed E-state index contributed by atoms with van der Waals surface area (Å²) in [5, 5.41) is 9.72. The minimum absolute atomic E-state index is 0.302. The van der Waals surface area contributed by atoms with Gasteiger partial charge in [-0.3, -0.25) is 0 Å². The van der Waals surface area contributed by atoms with E-state index in [1.807, 2.05) is 13.8 Å². The van der Waals surface area contributed by atoms with E-state index in [9.17, 15) is 0 Å². The smallest absolute Gasteiger partial charge is 0.136 e. The molecule has 2 aromatic heterocycles. The van der Waals surface area contributed by atoms with Gasteiger partial charge in [-0.25, -0.2) is 0 Å². The highest BCUT2D eigenvalue weighted by Gasteiger charge is 2.20. The van der Waals surface area contributed by atoms with Gasteiger partial charge in [0.1, 0.15) is 11.2 Å². The van der Waals surface area contributed by atoms with Crippen molar-refractivity contribution in [1.82, 2.24) is 4.57 Å². The lowest BCUT2D eigenvalue weighted by Gasteiger charge is -2.26. The Morgan fingerprint density at radius 2 is 1.07 bits per heavy atom. The zero-order valence-electron chi connectivity index (χ0n) is 34.3. The molecular formula is C58H44N2O. The number of hydrogen-bond donors (Lipinski definition) is 0. The fourth-order valence-corrected chi connectivity index (χ4v) is 9.40. The van der Waals surface area contributed by atoms with E-state index in [1.54, 1.807) is 0 Å². The van der Waals surface area contributed by atoms with Gasteiger partial charge in [-0.1, -0.05) is 153 Å². The molecule has 0 bridgehead atoms. The number of benzene rings is 9. The Hall–Kier alpha value is -7.62. The highest BCUT2D eigenvalue weighted by atomic mass is 16.3. The first-order chi connectivity index (χ1) is 30.2. The van der Waals surface area contributed by atoms with Crippen LogP contribution in [0.15, 0.2) is 217 Å². The lowest BCUT2D eigenvalue weighted by molar-refractivity contribution is 0.648. The van der Waals surface area contributed by atoms with E-state index in [2.05, 4.69) is 222 Å². The first-order valence-corrected chi connectivity index (χ1v) is 21.4. The monoisotopic (exact) mass is 784 g/mol. The van der Waals surface area contributed by atoms with Crippen molar-refractivity contribution in [3.05, 3.63) is 212 Å². The summed E-state index contributed by atoms with van der Waals surface area (Å²) in [7, 11) is 0. The maximum absolute atomic E-state index is 6.63. The highest BCUT2D eigenvalue weighted by Crippen LogP contribution is 2.42. The molecule has 1 aliphatic carbocycles. The van der Waals surface area contributed by atoms with Gasteiger partial charge in [0.25, 0.3) is 0 Å². The minimum Gasteiger partial charge on any atom is -0.456 e. The van der Waals surface area contributed by atoms with Gasteiger partial charge < -0.3 is 13.9 Å².